The maximum atomic E-state index is 10.5. The van der Waals surface area contributed by atoms with Crippen LogP contribution in [0, 0.1) is 0 Å². The molecule has 0 spiro atoms. The summed E-state index contributed by atoms with van der Waals surface area (Å²) in [4.78, 5) is 10.5. The second-order valence-electron chi connectivity index (χ2n) is 2.30. The molecule has 1 heterocycles. The molecule has 1 aliphatic heterocycles. The lowest BCUT2D eigenvalue weighted by Crippen LogP contribution is -2.40. The molecule has 0 saturated carbocycles. The molecular weight excluding hydrogens is 106 g/mol. The first-order valence-electron chi connectivity index (χ1n) is 2.59. The van der Waals surface area contributed by atoms with Crippen LogP contribution >= 0.6 is 0 Å². The van der Waals surface area contributed by atoms with Crippen LogP contribution in [0.25, 0.3) is 0 Å². The van der Waals surface area contributed by atoms with Crippen molar-refractivity contribution >= 4 is 5.97 Å². The number of esters is 1. The van der Waals surface area contributed by atoms with Gasteiger partial charge in [-0.1, -0.05) is 0 Å². The SMILES string of the molecule is C[C@@]1(N)CCOC1=O. The number of nitrogens with two attached hydrogens (primary N) is 1. The molecule has 0 radical (unpaired) electrons. The van der Waals surface area contributed by atoms with E-state index in [2.05, 4.69) is 4.74 Å². The van der Waals surface area contributed by atoms with Gasteiger partial charge < -0.3 is 10.5 Å². The monoisotopic (exact) mass is 115 g/mol. The van der Waals surface area contributed by atoms with Crippen LogP contribution in [0.15, 0.2) is 0 Å². The second-order valence-corrected chi connectivity index (χ2v) is 2.30. The quantitative estimate of drug-likeness (QED) is 0.439. The van der Waals surface area contributed by atoms with Crippen molar-refractivity contribution in [2.24, 2.45) is 5.73 Å². The molecule has 0 aromatic carbocycles. The third kappa shape index (κ3) is 0.690. The Balaban J connectivity index is 2.68. The Morgan fingerprint density at radius 3 is 2.62 bits per heavy atom. The molecule has 1 saturated heterocycles. The van der Waals surface area contributed by atoms with Gasteiger partial charge in [0, 0.05) is 6.42 Å². The Labute approximate surface area is 47.8 Å². The van der Waals surface area contributed by atoms with Crippen LogP contribution in [-0.2, 0) is 9.53 Å². The van der Waals surface area contributed by atoms with E-state index in [1.165, 1.54) is 0 Å². The molecule has 0 aliphatic carbocycles. The molecule has 0 unspecified atom stereocenters. The van der Waals surface area contributed by atoms with Gasteiger partial charge in [-0.25, -0.2) is 0 Å². The van der Waals surface area contributed by atoms with Gasteiger partial charge in [0.1, 0.15) is 5.54 Å². The summed E-state index contributed by atoms with van der Waals surface area (Å²) in [5, 5.41) is 0. The van der Waals surface area contributed by atoms with Crippen LogP contribution in [0.4, 0.5) is 0 Å². The summed E-state index contributed by atoms with van der Waals surface area (Å²) in [6.45, 7) is 2.16. The highest BCUT2D eigenvalue weighted by atomic mass is 16.5. The lowest BCUT2D eigenvalue weighted by atomic mass is 10.0. The Kier molecular flexibility index (Phi) is 1.01. The highest BCUT2D eigenvalue weighted by molar-refractivity contribution is 5.81. The summed E-state index contributed by atoms with van der Waals surface area (Å²) in [6.07, 6.45) is 0.645. The van der Waals surface area contributed by atoms with Crippen LogP contribution in [0.3, 0.4) is 0 Å². The summed E-state index contributed by atoms with van der Waals surface area (Å²) >= 11 is 0. The lowest BCUT2D eigenvalue weighted by Gasteiger charge is -2.08. The van der Waals surface area contributed by atoms with E-state index in [1.807, 2.05) is 0 Å². The summed E-state index contributed by atoms with van der Waals surface area (Å²) in [6, 6.07) is 0. The molecule has 46 valence electrons. The first kappa shape index (κ1) is 5.56. The van der Waals surface area contributed by atoms with E-state index >= 15 is 0 Å². The molecule has 1 fully saturated rings. The Hall–Kier alpha value is -0.570. The number of rotatable bonds is 0. The van der Waals surface area contributed by atoms with Crippen LogP contribution in [0.5, 0.6) is 0 Å². The molecule has 3 heteroatoms. The molecule has 0 aromatic heterocycles. The molecule has 0 amide bonds. The van der Waals surface area contributed by atoms with Crippen LogP contribution in [0.2, 0.25) is 0 Å². The summed E-state index contributed by atoms with van der Waals surface area (Å²) in [7, 11) is 0. The van der Waals surface area contributed by atoms with E-state index in [0.717, 1.165) is 0 Å². The largest absolute Gasteiger partial charge is 0.464 e. The van der Waals surface area contributed by atoms with Crippen molar-refractivity contribution in [3.63, 3.8) is 0 Å². The molecule has 1 rings (SSSR count). The fourth-order valence-electron chi connectivity index (χ4n) is 0.623. The summed E-state index contributed by atoms with van der Waals surface area (Å²) in [5.41, 5.74) is 4.74. The van der Waals surface area contributed by atoms with Crippen molar-refractivity contribution < 1.29 is 9.53 Å². The summed E-state index contributed by atoms with van der Waals surface area (Å²) in [5.74, 6) is -0.280. The topological polar surface area (TPSA) is 52.3 Å². The first-order valence-corrected chi connectivity index (χ1v) is 2.59. The van der Waals surface area contributed by atoms with Gasteiger partial charge >= 0.3 is 5.97 Å². The van der Waals surface area contributed by atoms with Gasteiger partial charge in [-0.3, -0.25) is 4.79 Å². The van der Waals surface area contributed by atoms with E-state index in [1.54, 1.807) is 6.92 Å². The third-order valence-corrected chi connectivity index (χ3v) is 1.32. The number of hydrogen-bond acceptors (Lipinski definition) is 3. The minimum absolute atomic E-state index is 0.280. The zero-order valence-corrected chi connectivity index (χ0v) is 4.81. The van der Waals surface area contributed by atoms with Gasteiger partial charge in [-0.15, -0.1) is 0 Å². The van der Waals surface area contributed by atoms with Crippen molar-refractivity contribution in [1.82, 2.24) is 0 Å². The number of carbonyl (C=O) groups excluding carboxylic acids is 1. The maximum absolute atomic E-state index is 10.5. The Morgan fingerprint density at radius 2 is 2.50 bits per heavy atom. The predicted molar refractivity (Wildman–Crippen MR) is 28.2 cm³/mol. The standard InChI is InChI=1S/C5H9NO2/c1-5(6)2-3-8-4(5)7/h2-3,6H2,1H3/t5-/m1/s1. The first-order chi connectivity index (χ1) is 3.63. The zero-order chi connectivity index (χ0) is 6.20. The van der Waals surface area contributed by atoms with Crippen molar-refractivity contribution in [2.75, 3.05) is 6.61 Å². The second kappa shape index (κ2) is 1.45. The maximum Gasteiger partial charge on any atom is 0.325 e. The van der Waals surface area contributed by atoms with Crippen LogP contribution in [0.1, 0.15) is 13.3 Å². The molecule has 8 heavy (non-hydrogen) atoms. The fraction of sp³-hybridized carbons (Fsp3) is 0.800. The highest BCUT2D eigenvalue weighted by Crippen LogP contribution is 2.14. The fourth-order valence-corrected chi connectivity index (χ4v) is 0.623. The predicted octanol–water partition coefficient (Wildman–Crippen LogP) is -0.349. The molecule has 2 N–H and O–H groups in total. The Morgan fingerprint density at radius 1 is 1.88 bits per heavy atom. The van der Waals surface area contributed by atoms with Crippen LogP contribution < -0.4 is 5.73 Å². The smallest absolute Gasteiger partial charge is 0.325 e. The molecule has 0 bridgehead atoms. The molecule has 1 atom stereocenters. The highest BCUT2D eigenvalue weighted by Gasteiger charge is 2.35. The van der Waals surface area contributed by atoms with E-state index in [-0.39, 0.29) is 5.97 Å². The Bertz CT molecular complexity index is 120. The van der Waals surface area contributed by atoms with E-state index < -0.39 is 5.54 Å². The lowest BCUT2D eigenvalue weighted by molar-refractivity contribution is -0.141. The molecule has 0 aromatic rings. The number of cyclic esters (lactones) is 1. The van der Waals surface area contributed by atoms with E-state index in [4.69, 9.17) is 5.73 Å². The van der Waals surface area contributed by atoms with E-state index in [9.17, 15) is 4.79 Å². The third-order valence-electron chi connectivity index (χ3n) is 1.32. The van der Waals surface area contributed by atoms with Gasteiger partial charge in [-0.05, 0) is 6.92 Å². The minimum atomic E-state index is -0.708. The van der Waals surface area contributed by atoms with E-state index in [0.29, 0.717) is 13.0 Å². The van der Waals surface area contributed by atoms with Gasteiger partial charge in [-0.2, -0.15) is 0 Å². The average molecular weight is 115 g/mol. The molecule has 3 nitrogen and oxygen atoms in total. The number of hydrogen-bond donors (Lipinski definition) is 1. The van der Waals surface area contributed by atoms with Crippen molar-refractivity contribution in [3.05, 3.63) is 0 Å². The zero-order valence-electron chi connectivity index (χ0n) is 4.81. The van der Waals surface area contributed by atoms with Gasteiger partial charge in [0.15, 0.2) is 0 Å². The van der Waals surface area contributed by atoms with Crippen LogP contribution in [-0.4, -0.2) is 18.1 Å². The van der Waals surface area contributed by atoms with Gasteiger partial charge in [0.2, 0.25) is 0 Å². The molecular formula is C5H9NO2. The van der Waals surface area contributed by atoms with Crippen molar-refractivity contribution in [1.29, 1.82) is 0 Å². The average Bonchev–Trinajstić information content (AvgIpc) is 1.86. The number of carbonyl (C=O) groups is 1. The minimum Gasteiger partial charge on any atom is -0.464 e. The van der Waals surface area contributed by atoms with Gasteiger partial charge in [0.05, 0.1) is 6.61 Å². The normalized spacial score (nSPS) is 37.5. The summed E-state index contributed by atoms with van der Waals surface area (Å²) < 4.78 is 4.60. The van der Waals surface area contributed by atoms with Crippen molar-refractivity contribution in [2.45, 2.75) is 18.9 Å². The van der Waals surface area contributed by atoms with Gasteiger partial charge in [0.25, 0.3) is 0 Å². The molecule has 1 aliphatic rings. The number of ether oxygens (including phenoxy) is 1. The van der Waals surface area contributed by atoms with Crippen molar-refractivity contribution in [3.8, 4) is 0 Å².